The molecule has 1 atom stereocenters. The maximum atomic E-state index is 12.4. The molecule has 1 saturated heterocycles. The molecule has 0 bridgehead atoms. The van der Waals surface area contributed by atoms with Crippen molar-refractivity contribution >= 4 is 17.5 Å². The van der Waals surface area contributed by atoms with Crippen LogP contribution in [0.4, 0.5) is 5.69 Å². The summed E-state index contributed by atoms with van der Waals surface area (Å²) in [7, 11) is 0. The maximum Gasteiger partial charge on any atom is 0.225 e. The van der Waals surface area contributed by atoms with Crippen molar-refractivity contribution in [2.75, 3.05) is 37.6 Å². The van der Waals surface area contributed by atoms with Gasteiger partial charge in [0.15, 0.2) is 0 Å². The van der Waals surface area contributed by atoms with E-state index in [2.05, 4.69) is 36.2 Å². The Bertz CT molecular complexity index is 627. The van der Waals surface area contributed by atoms with E-state index in [1.54, 1.807) is 0 Å². The van der Waals surface area contributed by atoms with Crippen LogP contribution in [0.1, 0.15) is 31.7 Å². The van der Waals surface area contributed by atoms with Crippen LogP contribution in [0.2, 0.25) is 0 Å². The Kier molecular flexibility index (Phi) is 5.61. The zero-order valence-corrected chi connectivity index (χ0v) is 15.3. The number of carbonyl (C=O) groups excluding carboxylic acids is 2. The van der Waals surface area contributed by atoms with Gasteiger partial charge in [-0.2, -0.15) is 0 Å². The van der Waals surface area contributed by atoms with E-state index in [0.29, 0.717) is 25.4 Å². The summed E-state index contributed by atoms with van der Waals surface area (Å²) in [6, 6.07) is 8.31. The first-order valence-corrected chi connectivity index (χ1v) is 9.44. The number of aryl methyl sites for hydroxylation is 1. The van der Waals surface area contributed by atoms with Crippen LogP contribution in [0, 0.1) is 18.8 Å². The minimum absolute atomic E-state index is 0.0208. The molecule has 0 unspecified atom stereocenters. The summed E-state index contributed by atoms with van der Waals surface area (Å²) in [4.78, 5) is 28.6. The van der Waals surface area contributed by atoms with Crippen LogP contribution in [0.25, 0.3) is 0 Å². The van der Waals surface area contributed by atoms with Gasteiger partial charge in [0.2, 0.25) is 11.8 Å². The third-order valence-electron chi connectivity index (χ3n) is 5.28. The highest BCUT2D eigenvalue weighted by molar-refractivity contribution is 5.89. The lowest BCUT2D eigenvalue weighted by Gasteiger charge is -2.25. The van der Waals surface area contributed by atoms with Gasteiger partial charge in [0.05, 0.1) is 5.92 Å². The molecule has 1 aromatic rings. The fourth-order valence-electron chi connectivity index (χ4n) is 3.56. The average Bonchev–Trinajstić information content (AvgIpc) is 3.34. The number of benzene rings is 1. The molecule has 5 nitrogen and oxygen atoms in total. The van der Waals surface area contributed by atoms with Crippen LogP contribution < -0.4 is 10.2 Å². The SMILES string of the molecule is CCN(CCNC(=O)[C@@H]1CC(=O)N(CC2CC2)C1)c1ccccc1C. The Morgan fingerprint density at radius 1 is 1.32 bits per heavy atom. The normalized spacial score (nSPS) is 20.0. The number of amides is 2. The number of nitrogens with zero attached hydrogens (tertiary/aromatic N) is 2. The number of hydrogen-bond acceptors (Lipinski definition) is 3. The van der Waals surface area contributed by atoms with Crippen molar-refractivity contribution in [2.24, 2.45) is 11.8 Å². The molecular weight excluding hydrogens is 314 g/mol. The first-order chi connectivity index (χ1) is 12.1. The molecular formula is C20H29N3O2. The monoisotopic (exact) mass is 343 g/mol. The van der Waals surface area contributed by atoms with Crippen LogP contribution in [0.3, 0.4) is 0 Å². The van der Waals surface area contributed by atoms with E-state index in [-0.39, 0.29) is 17.7 Å². The summed E-state index contributed by atoms with van der Waals surface area (Å²) >= 11 is 0. The van der Waals surface area contributed by atoms with E-state index in [4.69, 9.17) is 0 Å². The van der Waals surface area contributed by atoms with Crippen molar-refractivity contribution in [3.05, 3.63) is 29.8 Å². The maximum absolute atomic E-state index is 12.4. The van der Waals surface area contributed by atoms with Crippen molar-refractivity contribution in [3.63, 3.8) is 0 Å². The summed E-state index contributed by atoms with van der Waals surface area (Å²) < 4.78 is 0. The second-order valence-corrected chi connectivity index (χ2v) is 7.30. The van der Waals surface area contributed by atoms with Gasteiger partial charge in [-0.1, -0.05) is 18.2 Å². The van der Waals surface area contributed by atoms with Gasteiger partial charge in [-0.05, 0) is 44.2 Å². The van der Waals surface area contributed by atoms with Crippen LogP contribution in [-0.4, -0.2) is 49.4 Å². The smallest absolute Gasteiger partial charge is 0.225 e. The molecule has 25 heavy (non-hydrogen) atoms. The van der Waals surface area contributed by atoms with Crippen molar-refractivity contribution in [2.45, 2.75) is 33.1 Å². The average molecular weight is 343 g/mol. The summed E-state index contributed by atoms with van der Waals surface area (Å²) in [5, 5.41) is 3.03. The van der Waals surface area contributed by atoms with Gasteiger partial charge in [-0.3, -0.25) is 9.59 Å². The summed E-state index contributed by atoms with van der Waals surface area (Å²) in [5.74, 6) is 0.660. The quantitative estimate of drug-likeness (QED) is 0.787. The molecule has 2 aliphatic rings. The lowest BCUT2D eigenvalue weighted by atomic mass is 10.1. The van der Waals surface area contributed by atoms with Gasteiger partial charge in [-0.15, -0.1) is 0 Å². The topological polar surface area (TPSA) is 52.7 Å². The van der Waals surface area contributed by atoms with E-state index in [1.165, 1.54) is 24.1 Å². The summed E-state index contributed by atoms with van der Waals surface area (Å²) in [5.41, 5.74) is 2.46. The molecule has 0 radical (unpaired) electrons. The Labute approximate surface area is 150 Å². The zero-order chi connectivity index (χ0) is 17.8. The highest BCUT2D eigenvalue weighted by Gasteiger charge is 2.36. The van der Waals surface area contributed by atoms with Crippen LogP contribution in [0.15, 0.2) is 24.3 Å². The van der Waals surface area contributed by atoms with E-state index in [0.717, 1.165) is 19.6 Å². The molecule has 1 aromatic carbocycles. The third-order valence-corrected chi connectivity index (χ3v) is 5.28. The lowest BCUT2D eigenvalue weighted by molar-refractivity contribution is -0.129. The van der Waals surface area contributed by atoms with E-state index >= 15 is 0 Å². The van der Waals surface area contributed by atoms with Gasteiger partial charge in [0.25, 0.3) is 0 Å². The van der Waals surface area contributed by atoms with Gasteiger partial charge in [0.1, 0.15) is 0 Å². The second kappa shape index (κ2) is 7.89. The minimum atomic E-state index is -0.181. The van der Waals surface area contributed by atoms with Crippen LogP contribution in [0.5, 0.6) is 0 Å². The van der Waals surface area contributed by atoms with Crippen molar-refractivity contribution < 1.29 is 9.59 Å². The lowest BCUT2D eigenvalue weighted by Crippen LogP contribution is -2.39. The molecule has 1 heterocycles. The van der Waals surface area contributed by atoms with Crippen LogP contribution >= 0.6 is 0 Å². The largest absolute Gasteiger partial charge is 0.370 e. The predicted octanol–water partition coefficient (Wildman–Crippen LogP) is 2.20. The van der Waals surface area contributed by atoms with Gasteiger partial charge in [0, 0.05) is 44.8 Å². The van der Waals surface area contributed by atoms with E-state index < -0.39 is 0 Å². The first-order valence-electron chi connectivity index (χ1n) is 9.44. The van der Waals surface area contributed by atoms with Crippen molar-refractivity contribution in [3.8, 4) is 0 Å². The third kappa shape index (κ3) is 4.53. The number of anilines is 1. The van der Waals surface area contributed by atoms with Crippen LogP contribution in [-0.2, 0) is 9.59 Å². The van der Waals surface area contributed by atoms with Gasteiger partial charge in [-0.25, -0.2) is 0 Å². The van der Waals surface area contributed by atoms with Gasteiger partial charge >= 0.3 is 0 Å². The number of nitrogens with one attached hydrogen (secondary N) is 1. The molecule has 0 aromatic heterocycles. The molecule has 5 heteroatoms. The Morgan fingerprint density at radius 2 is 2.08 bits per heavy atom. The first kappa shape index (κ1) is 17.8. The van der Waals surface area contributed by atoms with E-state index in [9.17, 15) is 9.59 Å². The zero-order valence-electron chi connectivity index (χ0n) is 15.3. The predicted molar refractivity (Wildman–Crippen MR) is 99.5 cm³/mol. The van der Waals surface area contributed by atoms with E-state index in [1.807, 2.05) is 17.0 Å². The second-order valence-electron chi connectivity index (χ2n) is 7.30. The Morgan fingerprint density at radius 3 is 2.76 bits per heavy atom. The molecule has 3 rings (SSSR count). The summed E-state index contributed by atoms with van der Waals surface area (Å²) in [6.07, 6.45) is 2.83. The highest BCUT2D eigenvalue weighted by atomic mass is 16.2. The summed E-state index contributed by atoms with van der Waals surface area (Å²) in [6.45, 7) is 7.95. The number of likely N-dealkylation sites (N-methyl/N-ethyl adjacent to an activating group) is 1. The molecule has 2 amide bonds. The fourth-order valence-corrected chi connectivity index (χ4v) is 3.56. The standard InChI is InChI=1S/C20H29N3O2/c1-3-22(18-7-5-4-6-15(18)2)11-10-21-20(25)17-12-19(24)23(14-17)13-16-8-9-16/h4-7,16-17H,3,8-14H2,1-2H3,(H,21,25)/t17-/m1/s1. The Balaban J connectivity index is 1.45. The minimum Gasteiger partial charge on any atom is -0.370 e. The van der Waals surface area contributed by atoms with Crippen molar-refractivity contribution in [1.82, 2.24) is 10.2 Å². The Hall–Kier alpha value is -2.04. The molecule has 1 saturated carbocycles. The molecule has 0 spiro atoms. The molecule has 2 fully saturated rings. The van der Waals surface area contributed by atoms with Gasteiger partial charge < -0.3 is 15.1 Å². The number of likely N-dealkylation sites (tertiary alicyclic amines) is 1. The number of carbonyl (C=O) groups is 2. The molecule has 1 N–H and O–H groups in total. The number of rotatable bonds is 8. The molecule has 136 valence electrons. The highest BCUT2D eigenvalue weighted by Crippen LogP contribution is 2.32. The number of para-hydroxylation sites is 1. The fraction of sp³-hybridized carbons (Fsp3) is 0.600. The molecule has 1 aliphatic heterocycles. The molecule has 1 aliphatic carbocycles. The number of hydrogen-bond donors (Lipinski definition) is 1. The van der Waals surface area contributed by atoms with Crippen molar-refractivity contribution in [1.29, 1.82) is 0 Å².